The maximum Gasteiger partial charge on any atom is 0.345 e. The molecule has 8 heteroatoms. The zero-order valence-corrected chi connectivity index (χ0v) is 4.99. The van der Waals surface area contributed by atoms with Crippen LogP contribution < -0.4 is 5.34 Å². The molecule has 1 aromatic rings. The number of hydrogen-bond acceptors (Lipinski definition) is 4. The van der Waals surface area contributed by atoms with E-state index in [9.17, 15) is 19.1 Å². The van der Waals surface area contributed by atoms with Crippen molar-refractivity contribution in [1.29, 1.82) is 0 Å². The molecule has 0 radical (unpaired) electrons. The third kappa shape index (κ3) is 1.39. The first-order chi connectivity index (χ1) is 5.11. The Labute approximate surface area is 58.4 Å². The number of hydrogen-bond donors (Lipinski definition) is 1. The predicted molar refractivity (Wildman–Crippen MR) is 29.9 cm³/mol. The molecule has 11 heavy (non-hydrogen) atoms. The molecule has 0 aliphatic carbocycles. The molecule has 60 valence electrons. The molecule has 1 heterocycles. The van der Waals surface area contributed by atoms with E-state index in [2.05, 4.69) is 5.10 Å². The number of nitrogens with zero attached hydrogens (tertiary/aromatic N) is 3. The van der Waals surface area contributed by atoms with E-state index in [0.29, 0.717) is 6.07 Å². The van der Waals surface area contributed by atoms with Crippen LogP contribution in [0.5, 0.6) is 0 Å². The number of halogens is 2. The van der Waals surface area contributed by atoms with Gasteiger partial charge in [0.25, 0.3) is 0 Å². The van der Waals surface area contributed by atoms with Gasteiger partial charge in [-0.2, -0.15) is 0 Å². The second kappa shape index (κ2) is 2.48. The fourth-order valence-electron chi connectivity index (χ4n) is 0.482. The molecule has 0 fully saturated rings. The summed E-state index contributed by atoms with van der Waals surface area (Å²) < 4.78 is 23.1. The van der Waals surface area contributed by atoms with E-state index in [1.165, 1.54) is 0 Å². The van der Waals surface area contributed by atoms with Gasteiger partial charge in [-0.15, -0.1) is 5.10 Å². The van der Waals surface area contributed by atoms with Crippen LogP contribution in [0.25, 0.3) is 0 Å². The van der Waals surface area contributed by atoms with E-state index < -0.39 is 21.9 Å². The summed E-state index contributed by atoms with van der Waals surface area (Å²) in [5.41, 5.74) is 0. The Hall–Kier alpha value is -1.73. The zero-order chi connectivity index (χ0) is 8.43. The SMILES string of the molecule is O=[N+]([O-])c1cc(N(F)F)n[nH]1. The van der Waals surface area contributed by atoms with Gasteiger partial charge >= 0.3 is 5.82 Å². The van der Waals surface area contributed by atoms with Gasteiger partial charge in [-0.25, -0.2) is 0 Å². The van der Waals surface area contributed by atoms with Crippen molar-refractivity contribution >= 4 is 11.6 Å². The molecule has 1 N–H and O–H groups in total. The van der Waals surface area contributed by atoms with Crippen molar-refractivity contribution in [2.24, 2.45) is 0 Å². The van der Waals surface area contributed by atoms with Crippen LogP contribution in [0.4, 0.5) is 20.6 Å². The Kier molecular flexibility index (Phi) is 1.66. The maximum absolute atomic E-state index is 11.6. The first-order valence-corrected chi connectivity index (χ1v) is 2.42. The van der Waals surface area contributed by atoms with E-state index in [1.807, 2.05) is 5.10 Å². The monoisotopic (exact) mass is 164 g/mol. The lowest BCUT2D eigenvalue weighted by molar-refractivity contribution is -0.389. The molecular weight excluding hydrogens is 162 g/mol. The highest BCUT2D eigenvalue weighted by atomic mass is 19.4. The maximum atomic E-state index is 11.6. The van der Waals surface area contributed by atoms with Crippen LogP contribution >= 0.6 is 0 Å². The molecule has 0 bridgehead atoms. The number of aromatic nitrogens is 2. The Morgan fingerprint density at radius 3 is 2.64 bits per heavy atom. The number of nitro groups is 1. The minimum absolute atomic E-state index is 0.569. The summed E-state index contributed by atoms with van der Waals surface area (Å²) in [4.78, 5) is 9.06. The number of rotatable bonds is 2. The van der Waals surface area contributed by atoms with Crippen LogP contribution in [0.2, 0.25) is 0 Å². The van der Waals surface area contributed by atoms with E-state index >= 15 is 0 Å². The third-order valence-electron chi connectivity index (χ3n) is 0.921. The topological polar surface area (TPSA) is 75.1 Å². The Bertz CT molecular complexity index is 272. The molecule has 0 spiro atoms. The highest BCUT2D eigenvalue weighted by Gasteiger charge is 2.14. The van der Waals surface area contributed by atoms with Crippen molar-refractivity contribution in [3.05, 3.63) is 16.2 Å². The van der Waals surface area contributed by atoms with E-state index in [0.717, 1.165) is 0 Å². The summed E-state index contributed by atoms with van der Waals surface area (Å²) in [7, 11) is 0. The van der Waals surface area contributed by atoms with Gasteiger partial charge in [-0.3, -0.25) is 0 Å². The van der Waals surface area contributed by atoms with E-state index in [4.69, 9.17) is 0 Å². The van der Waals surface area contributed by atoms with Crippen molar-refractivity contribution in [3.8, 4) is 0 Å². The predicted octanol–water partition coefficient (Wildman–Crippen LogP) is 0.893. The first-order valence-electron chi connectivity index (χ1n) is 2.42. The number of nitrogens with one attached hydrogen (secondary N) is 1. The van der Waals surface area contributed by atoms with Gasteiger partial charge in [0.1, 0.15) is 0 Å². The second-order valence-electron chi connectivity index (χ2n) is 1.60. The molecule has 0 amide bonds. The van der Waals surface area contributed by atoms with Gasteiger partial charge in [0.15, 0.2) is 0 Å². The number of anilines is 1. The molecule has 1 rings (SSSR count). The molecule has 0 aliphatic heterocycles. The summed E-state index contributed by atoms with van der Waals surface area (Å²) >= 11 is 0. The van der Waals surface area contributed by atoms with Gasteiger partial charge < -0.3 is 10.1 Å². The molecule has 0 unspecified atom stereocenters. The largest absolute Gasteiger partial charge is 0.358 e. The summed E-state index contributed by atoms with van der Waals surface area (Å²) in [6.07, 6.45) is 0. The van der Waals surface area contributed by atoms with Crippen LogP contribution in [0.15, 0.2) is 6.07 Å². The third-order valence-corrected chi connectivity index (χ3v) is 0.921. The highest BCUT2D eigenvalue weighted by molar-refractivity contribution is 5.38. The quantitative estimate of drug-likeness (QED) is 0.400. The Morgan fingerprint density at radius 2 is 2.36 bits per heavy atom. The van der Waals surface area contributed by atoms with Gasteiger partial charge in [0.2, 0.25) is 5.82 Å². The normalized spacial score (nSPS) is 9.64. The fourth-order valence-corrected chi connectivity index (χ4v) is 0.482. The minimum atomic E-state index is -1.32. The molecule has 0 saturated heterocycles. The number of H-pyrrole nitrogens is 1. The molecule has 0 aromatic carbocycles. The van der Waals surface area contributed by atoms with Gasteiger partial charge in [-0.1, -0.05) is 14.1 Å². The van der Waals surface area contributed by atoms with Crippen molar-refractivity contribution in [3.63, 3.8) is 0 Å². The second-order valence-corrected chi connectivity index (χ2v) is 1.60. The summed E-state index contributed by atoms with van der Waals surface area (Å²) in [6, 6.07) is 0.625. The standard InChI is InChI=1S/C3H2F2N4O2/c4-8(5)2-1-3(7-6-2)9(10)11/h1H,(H,6,7). The highest BCUT2D eigenvalue weighted by Crippen LogP contribution is 2.16. The molecule has 6 nitrogen and oxygen atoms in total. The van der Waals surface area contributed by atoms with Crippen molar-refractivity contribution in [2.75, 3.05) is 5.34 Å². The van der Waals surface area contributed by atoms with E-state index in [-0.39, 0.29) is 0 Å². The lowest BCUT2D eigenvalue weighted by atomic mass is 10.6. The average molecular weight is 164 g/mol. The summed E-state index contributed by atoms with van der Waals surface area (Å²) in [6.45, 7) is 0. The van der Waals surface area contributed by atoms with Crippen LogP contribution in [0, 0.1) is 10.1 Å². The van der Waals surface area contributed by atoms with Gasteiger partial charge in [0.05, 0.1) is 6.07 Å². The van der Waals surface area contributed by atoms with E-state index in [1.54, 1.807) is 0 Å². The average Bonchev–Trinajstić information content (AvgIpc) is 2.33. The van der Waals surface area contributed by atoms with Crippen molar-refractivity contribution in [2.45, 2.75) is 0 Å². The van der Waals surface area contributed by atoms with Crippen LogP contribution in [-0.2, 0) is 0 Å². The number of aromatic amines is 1. The Morgan fingerprint density at radius 1 is 1.73 bits per heavy atom. The van der Waals surface area contributed by atoms with Crippen molar-refractivity contribution < 1.29 is 13.9 Å². The van der Waals surface area contributed by atoms with Crippen LogP contribution in [-0.4, -0.2) is 15.1 Å². The Balaban J connectivity index is 2.90. The minimum Gasteiger partial charge on any atom is -0.358 e. The van der Waals surface area contributed by atoms with Crippen LogP contribution in [0.3, 0.4) is 0 Å². The molecule has 1 aromatic heterocycles. The lowest BCUT2D eigenvalue weighted by Gasteiger charge is -1.89. The van der Waals surface area contributed by atoms with Gasteiger partial charge in [-0.05, 0) is 10.3 Å². The lowest BCUT2D eigenvalue weighted by Crippen LogP contribution is -1.94. The smallest absolute Gasteiger partial charge is 0.345 e. The summed E-state index contributed by atoms with van der Waals surface area (Å²) in [5, 5.41) is 13.4. The summed E-state index contributed by atoms with van der Waals surface area (Å²) in [5.74, 6) is -1.35. The molecular formula is C3H2F2N4O2. The van der Waals surface area contributed by atoms with Crippen molar-refractivity contribution in [1.82, 2.24) is 10.2 Å². The zero-order valence-electron chi connectivity index (χ0n) is 4.99. The fraction of sp³-hybridized carbons (Fsp3) is 0. The van der Waals surface area contributed by atoms with Gasteiger partial charge in [0, 0.05) is 0 Å². The van der Waals surface area contributed by atoms with Crippen LogP contribution in [0.1, 0.15) is 0 Å². The first kappa shape index (κ1) is 7.38. The molecule has 0 atom stereocenters. The molecule has 0 aliphatic rings. The molecule has 0 saturated carbocycles.